The Morgan fingerprint density at radius 3 is 2.43 bits per heavy atom. The summed E-state index contributed by atoms with van der Waals surface area (Å²) >= 11 is 0. The molecule has 0 aromatic heterocycles. The number of nitrogens with zero attached hydrogens (tertiary/aromatic N) is 1. The van der Waals surface area contributed by atoms with Gasteiger partial charge in [0.2, 0.25) is 0 Å². The third kappa shape index (κ3) is 6.15. The number of hydrogen-bond acceptors (Lipinski definition) is 2. The fourth-order valence-corrected chi connectivity index (χ4v) is 2.95. The molecule has 0 aliphatic carbocycles. The molecule has 1 saturated heterocycles. The lowest BCUT2D eigenvalue weighted by molar-refractivity contribution is -0.00100. The fourth-order valence-electron chi connectivity index (χ4n) is 2.95. The predicted molar refractivity (Wildman–Crippen MR) is 82.5 cm³/mol. The maximum atomic E-state index is 3.61. The molecule has 0 bridgehead atoms. The maximum Gasteiger partial charge on any atom is 0.0221 e. The van der Waals surface area contributed by atoms with Crippen LogP contribution in [0.4, 0.5) is 0 Å². The largest absolute Gasteiger partial charge is 1.00 e. The second-order valence-corrected chi connectivity index (χ2v) is 5.95. The molecule has 1 atom stereocenters. The van der Waals surface area contributed by atoms with Crippen molar-refractivity contribution in [1.29, 1.82) is 0 Å². The second kappa shape index (κ2) is 10.4. The Balaban J connectivity index is 0.00000200. The van der Waals surface area contributed by atoms with Crippen molar-refractivity contribution in [3.63, 3.8) is 0 Å². The van der Waals surface area contributed by atoms with E-state index in [0.29, 0.717) is 5.92 Å². The molecule has 0 spiro atoms. The Hall–Kier alpha value is -0.280. The first-order chi connectivity index (χ1) is 9.20. The monoisotopic (exact) mass is 330 g/mol. The lowest BCUT2D eigenvalue weighted by atomic mass is 10.0. The molecule has 1 N–H and O–H groups in total. The van der Waals surface area contributed by atoms with E-state index < -0.39 is 0 Å². The molecule has 0 amide bonds. The highest BCUT2D eigenvalue weighted by atomic mass is 35.5. The summed E-state index contributed by atoms with van der Waals surface area (Å²) in [6.07, 6.45) is 2.72. The van der Waals surface area contributed by atoms with E-state index in [2.05, 4.69) is 55.3 Å². The summed E-state index contributed by atoms with van der Waals surface area (Å²) in [4.78, 5) is 2.59. The van der Waals surface area contributed by atoms with Gasteiger partial charge in [0, 0.05) is 19.1 Å². The summed E-state index contributed by atoms with van der Waals surface area (Å²) in [7, 11) is 0. The molecule has 1 heterocycles. The average molecular weight is 331 g/mol. The van der Waals surface area contributed by atoms with Crippen molar-refractivity contribution in [2.75, 3.05) is 19.6 Å². The van der Waals surface area contributed by atoms with Gasteiger partial charge in [-0.25, -0.2) is 0 Å². The van der Waals surface area contributed by atoms with Gasteiger partial charge in [0.1, 0.15) is 0 Å². The van der Waals surface area contributed by atoms with E-state index in [0.717, 1.165) is 19.1 Å². The number of nitrogens with one attached hydrogen (secondary N) is 1. The van der Waals surface area contributed by atoms with Gasteiger partial charge in [-0.15, -0.1) is 0 Å². The summed E-state index contributed by atoms with van der Waals surface area (Å²) < 4.78 is 0. The van der Waals surface area contributed by atoms with E-state index in [1.165, 1.54) is 37.1 Å². The van der Waals surface area contributed by atoms with E-state index in [9.17, 15) is 0 Å². The van der Waals surface area contributed by atoms with E-state index in [-0.39, 0.29) is 24.8 Å². The molecule has 1 aliphatic heterocycles. The summed E-state index contributed by atoms with van der Waals surface area (Å²) in [5, 5.41) is 3.61. The molecule has 1 aliphatic rings. The topological polar surface area (TPSA) is 15.3 Å². The van der Waals surface area contributed by atoms with Crippen LogP contribution in [0.1, 0.15) is 50.7 Å². The molecule has 0 radical (unpaired) electrons. The van der Waals surface area contributed by atoms with Crippen molar-refractivity contribution in [2.24, 2.45) is 0 Å². The van der Waals surface area contributed by atoms with Crippen LogP contribution in [0.2, 0.25) is 0 Å². The minimum atomic E-state index is 0. The highest BCUT2D eigenvalue weighted by Gasteiger charge is 2.21. The van der Waals surface area contributed by atoms with Crippen LogP contribution in [-0.2, 0) is 6.54 Å². The van der Waals surface area contributed by atoms with Crippen LogP contribution < -0.4 is 30.1 Å². The zero-order valence-corrected chi connectivity index (χ0v) is 14.9. The SMILES string of the molecule is CCN1CCCC1CNCc1ccc(C(C)C)cc1.[Cl-].[Cl-]. The van der Waals surface area contributed by atoms with Crippen LogP contribution in [0.15, 0.2) is 24.3 Å². The predicted octanol–water partition coefficient (Wildman–Crippen LogP) is -2.61. The molecule has 4 heteroatoms. The third-order valence-electron chi connectivity index (χ3n) is 4.26. The number of likely N-dealkylation sites (N-methyl/N-ethyl adjacent to an activating group) is 1. The van der Waals surface area contributed by atoms with Gasteiger partial charge in [0.15, 0.2) is 0 Å². The Morgan fingerprint density at radius 2 is 1.86 bits per heavy atom. The molecule has 1 unspecified atom stereocenters. The van der Waals surface area contributed by atoms with Crippen molar-refractivity contribution in [1.82, 2.24) is 10.2 Å². The zero-order valence-electron chi connectivity index (χ0n) is 13.4. The Bertz CT molecular complexity index is 379. The summed E-state index contributed by atoms with van der Waals surface area (Å²) in [6.45, 7) is 11.3. The minimum absolute atomic E-state index is 0. The minimum Gasteiger partial charge on any atom is -1.00 e. The van der Waals surface area contributed by atoms with Crippen LogP contribution >= 0.6 is 0 Å². The van der Waals surface area contributed by atoms with Gasteiger partial charge in [-0.05, 0) is 43.0 Å². The Labute approximate surface area is 142 Å². The standard InChI is InChI=1S/C17H28N2.2ClH/c1-4-19-11-5-6-17(19)13-18-12-15-7-9-16(10-8-15)14(2)3;;/h7-10,14,17-18H,4-6,11-13H2,1-3H3;2*1H/p-2. The first-order valence-electron chi connectivity index (χ1n) is 7.74. The molecule has 2 rings (SSSR count). The van der Waals surface area contributed by atoms with Crippen LogP contribution in [0, 0.1) is 0 Å². The number of likely N-dealkylation sites (tertiary alicyclic amines) is 1. The van der Waals surface area contributed by atoms with Crippen molar-refractivity contribution in [2.45, 2.75) is 52.1 Å². The van der Waals surface area contributed by atoms with Gasteiger partial charge in [-0.3, -0.25) is 4.90 Å². The first kappa shape index (κ1) is 20.7. The lowest BCUT2D eigenvalue weighted by Gasteiger charge is -2.23. The molecule has 1 aromatic rings. The van der Waals surface area contributed by atoms with Crippen LogP contribution in [0.3, 0.4) is 0 Å². The maximum absolute atomic E-state index is 3.61. The first-order valence-corrected chi connectivity index (χ1v) is 7.74. The van der Waals surface area contributed by atoms with Gasteiger partial charge < -0.3 is 30.1 Å². The summed E-state index contributed by atoms with van der Waals surface area (Å²) in [5.74, 6) is 0.624. The Kier molecular flexibility index (Phi) is 10.3. The van der Waals surface area contributed by atoms with Crippen molar-refractivity contribution < 1.29 is 24.8 Å². The van der Waals surface area contributed by atoms with Gasteiger partial charge >= 0.3 is 0 Å². The van der Waals surface area contributed by atoms with Gasteiger partial charge in [0.05, 0.1) is 0 Å². The van der Waals surface area contributed by atoms with Crippen molar-refractivity contribution in [3.05, 3.63) is 35.4 Å². The fraction of sp³-hybridized carbons (Fsp3) is 0.647. The quantitative estimate of drug-likeness (QED) is 0.615. The van der Waals surface area contributed by atoms with Crippen molar-refractivity contribution in [3.8, 4) is 0 Å². The van der Waals surface area contributed by atoms with E-state index in [4.69, 9.17) is 0 Å². The molecule has 1 aromatic carbocycles. The van der Waals surface area contributed by atoms with E-state index in [1.54, 1.807) is 0 Å². The van der Waals surface area contributed by atoms with E-state index in [1.807, 2.05) is 0 Å². The third-order valence-corrected chi connectivity index (χ3v) is 4.26. The number of halogens is 2. The molecule has 122 valence electrons. The molecule has 1 fully saturated rings. The van der Waals surface area contributed by atoms with Crippen molar-refractivity contribution >= 4 is 0 Å². The molecular formula is C17H28Cl2N2-2. The molecular weight excluding hydrogens is 303 g/mol. The number of hydrogen-bond donors (Lipinski definition) is 1. The number of rotatable bonds is 6. The summed E-state index contributed by atoms with van der Waals surface area (Å²) in [6, 6.07) is 9.79. The van der Waals surface area contributed by atoms with E-state index >= 15 is 0 Å². The van der Waals surface area contributed by atoms with Gasteiger partial charge in [0.25, 0.3) is 0 Å². The highest BCUT2D eigenvalue weighted by molar-refractivity contribution is 5.24. The second-order valence-electron chi connectivity index (χ2n) is 5.95. The molecule has 0 saturated carbocycles. The van der Waals surface area contributed by atoms with Crippen LogP contribution in [0.5, 0.6) is 0 Å². The van der Waals surface area contributed by atoms with Crippen LogP contribution in [-0.4, -0.2) is 30.6 Å². The zero-order chi connectivity index (χ0) is 13.7. The van der Waals surface area contributed by atoms with Gasteiger partial charge in [-0.2, -0.15) is 0 Å². The summed E-state index contributed by atoms with van der Waals surface area (Å²) in [5.41, 5.74) is 2.82. The Morgan fingerprint density at radius 1 is 1.19 bits per heavy atom. The smallest absolute Gasteiger partial charge is 0.0221 e. The van der Waals surface area contributed by atoms with Crippen LogP contribution in [0.25, 0.3) is 0 Å². The highest BCUT2D eigenvalue weighted by Crippen LogP contribution is 2.16. The number of benzene rings is 1. The lowest BCUT2D eigenvalue weighted by Crippen LogP contribution is -3.00. The molecule has 21 heavy (non-hydrogen) atoms. The molecule has 2 nitrogen and oxygen atoms in total. The average Bonchev–Trinajstić information content (AvgIpc) is 2.87. The van der Waals surface area contributed by atoms with Gasteiger partial charge in [-0.1, -0.05) is 45.0 Å². The normalized spacial score (nSPS) is 18.4.